The molecule has 5 aromatic rings. The molecule has 0 aliphatic rings. The molecule has 1 amide bonds. The lowest BCUT2D eigenvalue weighted by atomic mass is 9.95. The summed E-state index contributed by atoms with van der Waals surface area (Å²) in [6.45, 7) is -0.205. The highest BCUT2D eigenvalue weighted by atomic mass is 16.5. The lowest BCUT2D eigenvalue weighted by Crippen LogP contribution is -2.39. The number of carbonyl (C=O) groups is 1. The highest BCUT2D eigenvalue weighted by Gasteiger charge is 2.19. The van der Waals surface area contributed by atoms with Crippen LogP contribution in [0.2, 0.25) is 0 Å². The molecule has 42 heavy (non-hydrogen) atoms. The van der Waals surface area contributed by atoms with Crippen LogP contribution in [-0.4, -0.2) is 57.1 Å². The maximum absolute atomic E-state index is 13.7. The molecule has 0 aliphatic carbocycles. The van der Waals surface area contributed by atoms with Crippen LogP contribution in [0.3, 0.4) is 0 Å². The second-order valence-electron chi connectivity index (χ2n) is 9.86. The predicted octanol–water partition coefficient (Wildman–Crippen LogP) is 5.87. The summed E-state index contributed by atoms with van der Waals surface area (Å²) < 4.78 is 22.0. The number of nitrogens with one attached hydrogen (secondary N) is 2. The lowest BCUT2D eigenvalue weighted by molar-refractivity contribution is 0.0916. The predicted molar refractivity (Wildman–Crippen MR) is 164 cm³/mol. The van der Waals surface area contributed by atoms with Gasteiger partial charge in [-0.1, -0.05) is 30.3 Å². The van der Waals surface area contributed by atoms with Gasteiger partial charge < -0.3 is 34.4 Å². The van der Waals surface area contributed by atoms with E-state index in [2.05, 4.69) is 10.3 Å². The number of aromatic nitrogens is 1. The molecule has 1 heterocycles. The van der Waals surface area contributed by atoms with Gasteiger partial charge in [0.15, 0.2) is 11.5 Å². The van der Waals surface area contributed by atoms with Crippen molar-refractivity contribution in [3.63, 3.8) is 0 Å². The normalized spacial score (nSPS) is 11.6. The van der Waals surface area contributed by atoms with E-state index in [4.69, 9.17) is 18.9 Å². The third-order valence-electron chi connectivity index (χ3n) is 7.31. The minimum absolute atomic E-state index is 0.205. The zero-order valence-electron chi connectivity index (χ0n) is 24.1. The Morgan fingerprint density at radius 1 is 0.786 bits per heavy atom. The molecule has 8 nitrogen and oxygen atoms in total. The number of aliphatic hydroxyl groups excluding tert-OH is 1. The number of fused-ring (bicyclic) bond motifs is 1. The molecule has 0 aliphatic heterocycles. The summed E-state index contributed by atoms with van der Waals surface area (Å²) in [5.74, 6) is 1.94. The summed E-state index contributed by atoms with van der Waals surface area (Å²) in [7, 11) is 6.31. The molecular weight excluding hydrogens is 532 g/mol. The van der Waals surface area contributed by atoms with E-state index < -0.39 is 6.04 Å². The quantitative estimate of drug-likeness (QED) is 0.185. The van der Waals surface area contributed by atoms with E-state index in [0.717, 1.165) is 44.5 Å². The zero-order valence-corrected chi connectivity index (χ0v) is 24.1. The molecule has 0 bridgehead atoms. The number of hydrogen-bond donors (Lipinski definition) is 3. The monoisotopic (exact) mass is 566 g/mol. The van der Waals surface area contributed by atoms with Crippen molar-refractivity contribution in [2.75, 3.05) is 35.0 Å². The molecule has 0 radical (unpaired) electrons. The molecule has 8 heteroatoms. The second kappa shape index (κ2) is 12.7. The van der Waals surface area contributed by atoms with Crippen LogP contribution in [0.15, 0.2) is 85.1 Å². The van der Waals surface area contributed by atoms with Gasteiger partial charge in [0.05, 0.1) is 41.1 Å². The molecule has 1 aromatic heterocycles. The Morgan fingerprint density at radius 2 is 1.43 bits per heavy atom. The van der Waals surface area contributed by atoms with Gasteiger partial charge in [-0.3, -0.25) is 4.79 Å². The van der Waals surface area contributed by atoms with Crippen LogP contribution in [0.5, 0.6) is 23.0 Å². The average Bonchev–Trinajstić information content (AvgIpc) is 3.45. The minimum Gasteiger partial charge on any atom is -0.497 e. The molecule has 216 valence electrons. The molecular formula is C34H34N2O6. The molecule has 3 N–H and O–H groups in total. The SMILES string of the molecule is COc1ccc(-c2cc(C(=O)N[C@@H](CO)Cc3c[nH]c4ccccc34)cc(-c3cc(OC)c(OC)c(OC)c3)c2)cc1. The van der Waals surface area contributed by atoms with E-state index in [1.807, 2.05) is 85.1 Å². The van der Waals surface area contributed by atoms with Gasteiger partial charge >= 0.3 is 0 Å². The second-order valence-corrected chi connectivity index (χ2v) is 9.86. The fourth-order valence-corrected chi connectivity index (χ4v) is 5.12. The molecule has 4 aromatic carbocycles. The van der Waals surface area contributed by atoms with Crippen molar-refractivity contribution in [2.24, 2.45) is 0 Å². The summed E-state index contributed by atoms with van der Waals surface area (Å²) in [5.41, 5.74) is 5.80. The molecule has 0 saturated carbocycles. The Hall–Kier alpha value is -4.95. The number of para-hydroxylation sites is 1. The topological polar surface area (TPSA) is 102 Å². The van der Waals surface area contributed by atoms with Crippen molar-refractivity contribution in [1.29, 1.82) is 0 Å². The summed E-state index contributed by atoms with van der Waals surface area (Å²) in [5, 5.41) is 14.3. The standard InChI is InChI=1S/C34H34N2O6/c1-39-28-11-9-21(10-12-28)22-13-23(24-17-31(40-2)33(42-4)32(18-24)41-3)15-25(14-22)34(38)36-27(20-37)16-26-19-35-30-8-6-5-7-29(26)30/h5-15,17-19,27,35,37H,16,20H2,1-4H3,(H,36,38)/t27-/m1/s1. The van der Waals surface area contributed by atoms with Crippen molar-refractivity contribution in [3.05, 3.63) is 96.2 Å². The number of H-pyrrole nitrogens is 1. The van der Waals surface area contributed by atoms with E-state index in [0.29, 0.717) is 29.2 Å². The highest BCUT2D eigenvalue weighted by molar-refractivity contribution is 5.97. The molecule has 0 unspecified atom stereocenters. The van der Waals surface area contributed by atoms with Gasteiger partial charge in [-0.05, 0) is 82.8 Å². The fourth-order valence-electron chi connectivity index (χ4n) is 5.12. The number of benzene rings is 4. The maximum atomic E-state index is 13.7. The van der Waals surface area contributed by atoms with Crippen molar-refractivity contribution in [2.45, 2.75) is 12.5 Å². The first-order valence-electron chi connectivity index (χ1n) is 13.5. The Bertz CT molecular complexity index is 1670. The number of methoxy groups -OCH3 is 4. The van der Waals surface area contributed by atoms with Crippen LogP contribution in [0, 0.1) is 0 Å². The molecule has 1 atom stereocenters. The van der Waals surface area contributed by atoms with Gasteiger partial charge in [-0.15, -0.1) is 0 Å². The number of carbonyl (C=O) groups excluding carboxylic acids is 1. The van der Waals surface area contributed by atoms with Crippen molar-refractivity contribution in [3.8, 4) is 45.3 Å². The van der Waals surface area contributed by atoms with Gasteiger partial charge in [-0.2, -0.15) is 0 Å². The third kappa shape index (κ3) is 5.89. The van der Waals surface area contributed by atoms with E-state index >= 15 is 0 Å². The lowest BCUT2D eigenvalue weighted by Gasteiger charge is -2.18. The summed E-state index contributed by atoms with van der Waals surface area (Å²) in [6, 6.07) is 24.5. The van der Waals surface area contributed by atoms with Gasteiger partial charge in [0.2, 0.25) is 5.75 Å². The van der Waals surface area contributed by atoms with Gasteiger partial charge in [0.1, 0.15) is 5.75 Å². The Morgan fingerprint density at radius 3 is 2.05 bits per heavy atom. The van der Waals surface area contributed by atoms with Crippen LogP contribution < -0.4 is 24.3 Å². The van der Waals surface area contributed by atoms with Crippen molar-refractivity contribution < 1.29 is 28.8 Å². The first-order chi connectivity index (χ1) is 20.5. The number of aliphatic hydroxyl groups is 1. The zero-order chi connectivity index (χ0) is 29.6. The molecule has 0 saturated heterocycles. The maximum Gasteiger partial charge on any atom is 0.251 e. The Labute approximate surface area is 244 Å². The smallest absolute Gasteiger partial charge is 0.251 e. The Balaban J connectivity index is 1.53. The van der Waals surface area contributed by atoms with E-state index in [1.54, 1.807) is 28.4 Å². The van der Waals surface area contributed by atoms with Crippen LogP contribution >= 0.6 is 0 Å². The highest BCUT2D eigenvalue weighted by Crippen LogP contribution is 2.42. The van der Waals surface area contributed by atoms with Crippen LogP contribution in [-0.2, 0) is 6.42 Å². The average molecular weight is 567 g/mol. The van der Waals surface area contributed by atoms with Crippen LogP contribution in [0.1, 0.15) is 15.9 Å². The number of amides is 1. The molecule has 0 spiro atoms. The van der Waals surface area contributed by atoms with Gasteiger partial charge in [0.25, 0.3) is 5.91 Å². The largest absolute Gasteiger partial charge is 0.497 e. The van der Waals surface area contributed by atoms with Gasteiger partial charge in [0, 0.05) is 22.7 Å². The number of hydrogen-bond acceptors (Lipinski definition) is 6. The van der Waals surface area contributed by atoms with Crippen LogP contribution in [0.4, 0.5) is 0 Å². The van der Waals surface area contributed by atoms with Crippen molar-refractivity contribution in [1.82, 2.24) is 10.3 Å². The van der Waals surface area contributed by atoms with Crippen LogP contribution in [0.25, 0.3) is 33.2 Å². The first-order valence-corrected chi connectivity index (χ1v) is 13.5. The molecule has 5 rings (SSSR count). The van der Waals surface area contributed by atoms with E-state index in [9.17, 15) is 9.90 Å². The molecule has 0 fully saturated rings. The Kier molecular flexibility index (Phi) is 8.64. The summed E-state index contributed by atoms with van der Waals surface area (Å²) >= 11 is 0. The van der Waals surface area contributed by atoms with Gasteiger partial charge in [-0.25, -0.2) is 0 Å². The van der Waals surface area contributed by atoms with Crippen molar-refractivity contribution >= 4 is 16.8 Å². The third-order valence-corrected chi connectivity index (χ3v) is 7.31. The minimum atomic E-state index is -0.481. The van der Waals surface area contributed by atoms with E-state index in [1.165, 1.54) is 0 Å². The number of ether oxygens (including phenoxy) is 4. The summed E-state index contributed by atoms with van der Waals surface area (Å²) in [6.07, 6.45) is 2.40. The first kappa shape index (κ1) is 28.6. The number of rotatable bonds is 11. The summed E-state index contributed by atoms with van der Waals surface area (Å²) in [4.78, 5) is 17.0. The fraction of sp³-hybridized carbons (Fsp3) is 0.206. The number of aromatic amines is 1. The van der Waals surface area contributed by atoms with E-state index in [-0.39, 0.29) is 12.5 Å².